The van der Waals surface area contributed by atoms with E-state index in [-0.39, 0.29) is 0 Å². The van der Waals surface area contributed by atoms with E-state index in [2.05, 4.69) is 0 Å². The van der Waals surface area contributed by atoms with Crippen molar-refractivity contribution in [3.63, 3.8) is 0 Å². The van der Waals surface area contributed by atoms with Gasteiger partial charge >= 0.3 is 0 Å². The fourth-order valence-corrected chi connectivity index (χ4v) is 1.57. The lowest BCUT2D eigenvalue weighted by atomic mass is 10.0. The molecule has 0 spiro atoms. The molecule has 1 aromatic carbocycles. The van der Waals surface area contributed by atoms with Gasteiger partial charge in [-0.3, -0.25) is 0 Å². The summed E-state index contributed by atoms with van der Waals surface area (Å²) < 4.78 is 5.60. The average molecular weight is 222 g/mol. The molecule has 1 aliphatic carbocycles. The largest absolute Gasteiger partial charge is 0.490 e. The summed E-state index contributed by atoms with van der Waals surface area (Å²) in [7, 11) is 0. The number of ether oxygens (including phenoxy) is 1. The Hall–Kier alpha value is -1.06. The third kappa shape index (κ3) is 2.74. The second kappa shape index (κ2) is 4.85. The molecule has 0 amide bonds. The van der Waals surface area contributed by atoms with E-state index in [1.54, 1.807) is 12.1 Å². The molecule has 1 fully saturated rings. The number of hydrogen-bond donors (Lipinski definition) is 2. The molecule has 88 valence electrons. The minimum atomic E-state index is -0.806. The molecule has 1 saturated carbocycles. The second-order valence-electron chi connectivity index (χ2n) is 4.31. The molecule has 0 radical (unpaired) electrons. The molecule has 0 aromatic heterocycles. The van der Waals surface area contributed by atoms with Crippen molar-refractivity contribution in [2.45, 2.75) is 44.5 Å². The van der Waals surface area contributed by atoms with E-state index >= 15 is 0 Å². The minimum absolute atomic E-state index is 0.386. The van der Waals surface area contributed by atoms with E-state index in [1.807, 2.05) is 19.1 Å². The molecule has 2 unspecified atom stereocenters. The van der Waals surface area contributed by atoms with Gasteiger partial charge in [-0.1, -0.05) is 19.1 Å². The lowest BCUT2D eigenvalue weighted by Crippen LogP contribution is -2.16. The molecule has 3 heteroatoms. The van der Waals surface area contributed by atoms with Gasteiger partial charge in [-0.25, -0.2) is 0 Å². The Bertz CT molecular complexity index is 330. The normalized spacial score (nSPS) is 19.2. The monoisotopic (exact) mass is 222 g/mol. The molecule has 0 heterocycles. The zero-order valence-electron chi connectivity index (χ0n) is 9.47. The van der Waals surface area contributed by atoms with Crippen LogP contribution in [0.2, 0.25) is 0 Å². The predicted molar refractivity (Wildman–Crippen MR) is 61.3 cm³/mol. The van der Waals surface area contributed by atoms with Gasteiger partial charge in [0.15, 0.2) is 0 Å². The highest BCUT2D eigenvalue weighted by Gasteiger charge is 2.23. The van der Waals surface area contributed by atoms with Gasteiger partial charge in [0, 0.05) is 0 Å². The Kier molecular flexibility index (Phi) is 3.46. The molecule has 0 bridgehead atoms. The van der Waals surface area contributed by atoms with Crippen LogP contribution in [0.25, 0.3) is 0 Å². The summed E-state index contributed by atoms with van der Waals surface area (Å²) in [6.45, 7) is 1.85. The molecule has 3 nitrogen and oxygen atoms in total. The van der Waals surface area contributed by atoms with Crippen molar-refractivity contribution in [3.05, 3.63) is 29.8 Å². The zero-order valence-corrected chi connectivity index (χ0v) is 9.47. The first-order valence-corrected chi connectivity index (χ1v) is 5.83. The number of hydrogen-bond acceptors (Lipinski definition) is 3. The standard InChI is InChI=1S/C13H18O3/c1-2-12(14)13(15)9-3-5-10(6-4-9)16-11-7-8-11/h3-6,11-15H,2,7-8H2,1H3. The summed E-state index contributed by atoms with van der Waals surface area (Å²) in [5, 5.41) is 19.3. The van der Waals surface area contributed by atoms with E-state index in [4.69, 9.17) is 4.74 Å². The Morgan fingerprint density at radius 2 is 1.88 bits per heavy atom. The summed E-state index contributed by atoms with van der Waals surface area (Å²) in [5.74, 6) is 0.837. The fraction of sp³-hybridized carbons (Fsp3) is 0.538. The maximum Gasteiger partial charge on any atom is 0.119 e. The summed E-state index contributed by atoms with van der Waals surface area (Å²) in [4.78, 5) is 0. The highest BCUT2D eigenvalue weighted by molar-refractivity contribution is 5.29. The number of aliphatic hydroxyl groups is 2. The van der Waals surface area contributed by atoms with E-state index in [1.165, 1.54) is 0 Å². The van der Waals surface area contributed by atoms with Crippen LogP contribution in [-0.4, -0.2) is 22.4 Å². The van der Waals surface area contributed by atoms with Gasteiger partial charge < -0.3 is 14.9 Å². The van der Waals surface area contributed by atoms with Crippen molar-refractivity contribution in [2.75, 3.05) is 0 Å². The van der Waals surface area contributed by atoms with Crippen LogP contribution in [0.15, 0.2) is 24.3 Å². The molecular weight excluding hydrogens is 204 g/mol. The van der Waals surface area contributed by atoms with E-state index in [0.717, 1.165) is 24.2 Å². The summed E-state index contributed by atoms with van der Waals surface area (Å²) >= 11 is 0. The Labute approximate surface area is 95.7 Å². The van der Waals surface area contributed by atoms with Crippen LogP contribution < -0.4 is 4.74 Å². The highest BCUT2D eigenvalue weighted by atomic mass is 16.5. The molecule has 0 saturated heterocycles. The van der Waals surface area contributed by atoms with Crippen LogP contribution in [-0.2, 0) is 0 Å². The van der Waals surface area contributed by atoms with Crippen molar-refractivity contribution in [1.82, 2.24) is 0 Å². The lowest BCUT2D eigenvalue weighted by molar-refractivity contribution is 0.0164. The van der Waals surface area contributed by atoms with Crippen molar-refractivity contribution < 1.29 is 14.9 Å². The first-order chi connectivity index (χ1) is 7.70. The van der Waals surface area contributed by atoms with Crippen LogP contribution in [0.1, 0.15) is 37.9 Å². The zero-order chi connectivity index (χ0) is 11.5. The third-order valence-corrected chi connectivity index (χ3v) is 2.83. The molecule has 16 heavy (non-hydrogen) atoms. The smallest absolute Gasteiger partial charge is 0.119 e. The molecular formula is C13H18O3. The SMILES string of the molecule is CCC(O)C(O)c1ccc(OC2CC2)cc1. The number of aliphatic hydroxyl groups excluding tert-OH is 2. The molecule has 0 aliphatic heterocycles. The van der Waals surface area contributed by atoms with Gasteiger partial charge in [0.2, 0.25) is 0 Å². The van der Waals surface area contributed by atoms with E-state index < -0.39 is 12.2 Å². The molecule has 1 aromatic rings. The van der Waals surface area contributed by atoms with Crippen LogP contribution in [0, 0.1) is 0 Å². The van der Waals surface area contributed by atoms with Gasteiger partial charge in [0.1, 0.15) is 11.9 Å². The van der Waals surface area contributed by atoms with E-state index in [0.29, 0.717) is 12.5 Å². The van der Waals surface area contributed by atoms with Crippen molar-refractivity contribution >= 4 is 0 Å². The van der Waals surface area contributed by atoms with Crippen molar-refractivity contribution in [3.8, 4) is 5.75 Å². The van der Waals surface area contributed by atoms with Crippen LogP contribution in [0.3, 0.4) is 0 Å². The number of benzene rings is 1. The quantitative estimate of drug-likeness (QED) is 0.801. The average Bonchev–Trinajstić information content (AvgIpc) is 3.12. The summed E-state index contributed by atoms with van der Waals surface area (Å²) in [6, 6.07) is 7.31. The van der Waals surface area contributed by atoms with Crippen LogP contribution in [0.5, 0.6) is 5.75 Å². The van der Waals surface area contributed by atoms with Gasteiger partial charge in [0.25, 0.3) is 0 Å². The van der Waals surface area contributed by atoms with E-state index in [9.17, 15) is 10.2 Å². The fourth-order valence-electron chi connectivity index (χ4n) is 1.57. The predicted octanol–water partition coefficient (Wildman–Crippen LogP) is 2.03. The third-order valence-electron chi connectivity index (χ3n) is 2.83. The Balaban J connectivity index is 1.99. The summed E-state index contributed by atoms with van der Waals surface area (Å²) in [5.41, 5.74) is 0.734. The molecule has 2 rings (SSSR count). The Morgan fingerprint density at radius 3 is 2.38 bits per heavy atom. The van der Waals surface area contributed by atoms with Gasteiger partial charge in [-0.15, -0.1) is 0 Å². The van der Waals surface area contributed by atoms with Gasteiger partial charge in [-0.05, 0) is 37.0 Å². The molecule has 2 N–H and O–H groups in total. The second-order valence-corrected chi connectivity index (χ2v) is 4.31. The molecule has 1 aliphatic rings. The molecule has 2 atom stereocenters. The Morgan fingerprint density at radius 1 is 1.25 bits per heavy atom. The van der Waals surface area contributed by atoms with Gasteiger partial charge in [0.05, 0.1) is 12.2 Å². The maximum atomic E-state index is 9.78. The highest BCUT2D eigenvalue weighted by Crippen LogP contribution is 2.28. The van der Waals surface area contributed by atoms with Gasteiger partial charge in [-0.2, -0.15) is 0 Å². The minimum Gasteiger partial charge on any atom is -0.490 e. The maximum absolute atomic E-state index is 9.78. The number of rotatable bonds is 5. The topological polar surface area (TPSA) is 49.7 Å². The van der Waals surface area contributed by atoms with Crippen LogP contribution in [0.4, 0.5) is 0 Å². The lowest BCUT2D eigenvalue weighted by Gasteiger charge is -2.16. The van der Waals surface area contributed by atoms with Crippen molar-refractivity contribution in [1.29, 1.82) is 0 Å². The first kappa shape index (κ1) is 11.4. The summed E-state index contributed by atoms with van der Waals surface area (Å²) in [6.07, 6.45) is 1.70. The van der Waals surface area contributed by atoms with Crippen LogP contribution >= 0.6 is 0 Å². The first-order valence-electron chi connectivity index (χ1n) is 5.83. The van der Waals surface area contributed by atoms with Crippen molar-refractivity contribution in [2.24, 2.45) is 0 Å².